The van der Waals surface area contributed by atoms with E-state index in [1.165, 1.54) is 0 Å². The Labute approximate surface area is 100 Å². The predicted octanol–water partition coefficient (Wildman–Crippen LogP) is 2.87. The number of hydrogen-bond acceptors (Lipinski definition) is 2. The van der Waals surface area contributed by atoms with Crippen molar-refractivity contribution in [3.05, 3.63) is 0 Å². The van der Waals surface area contributed by atoms with Gasteiger partial charge in [0, 0.05) is 0 Å². The van der Waals surface area contributed by atoms with E-state index in [9.17, 15) is 4.79 Å². The standard InChI is InChI=1S/C14H25NO/c1-6-11-12-13(16)14(7-2,8-3)15(9-4)10-5/h7-10,12H2,1-5H3. The molecule has 0 atom stereocenters. The molecular weight excluding hydrogens is 198 g/mol. The first-order valence-electron chi connectivity index (χ1n) is 6.30. The molecule has 2 heteroatoms. The van der Waals surface area contributed by atoms with Crippen LogP contribution in [0.25, 0.3) is 0 Å². The van der Waals surface area contributed by atoms with Crippen molar-refractivity contribution in [1.29, 1.82) is 0 Å². The van der Waals surface area contributed by atoms with Gasteiger partial charge in [-0.15, -0.1) is 5.92 Å². The summed E-state index contributed by atoms with van der Waals surface area (Å²) in [6.45, 7) is 12.0. The monoisotopic (exact) mass is 223 g/mol. The lowest BCUT2D eigenvalue weighted by molar-refractivity contribution is -0.130. The Hall–Kier alpha value is -0.810. The van der Waals surface area contributed by atoms with Crippen LogP contribution in [0.4, 0.5) is 0 Å². The highest BCUT2D eigenvalue weighted by Crippen LogP contribution is 2.26. The topological polar surface area (TPSA) is 20.3 Å². The third kappa shape index (κ3) is 3.09. The molecule has 2 nitrogen and oxygen atoms in total. The Bertz CT molecular complexity index is 264. The highest BCUT2D eigenvalue weighted by Gasteiger charge is 2.38. The molecule has 0 spiro atoms. The Balaban J connectivity index is 5.03. The van der Waals surface area contributed by atoms with Crippen LogP contribution in [0.15, 0.2) is 0 Å². The molecule has 0 heterocycles. The van der Waals surface area contributed by atoms with Crippen LogP contribution in [0.1, 0.15) is 53.9 Å². The van der Waals surface area contributed by atoms with Crippen molar-refractivity contribution < 1.29 is 4.79 Å². The highest BCUT2D eigenvalue weighted by atomic mass is 16.1. The lowest BCUT2D eigenvalue weighted by atomic mass is 9.84. The first kappa shape index (κ1) is 15.2. The maximum Gasteiger partial charge on any atom is 0.164 e. The van der Waals surface area contributed by atoms with Gasteiger partial charge in [-0.1, -0.05) is 33.6 Å². The van der Waals surface area contributed by atoms with Crippen molar-refractivity contribution in [2.75, 3.05) is 13.1 Å². The molecule has 0 fully saturated rings. The van der Waals surface area contributed by atoms with Gasteiger partial charge in [0.05, 0.1) is 12.0 Å². The number of Topliss-reactive ketones (excluding diaryl/α,β-unsaturated/α-hetero) is 1. The maximum absolute atomic E-state index is 12.3. The molecule has 0 unspecified atom stereocenters. The molecule has 0 aromatic rings. The summed E-state index contributed by atoms with van der Waals surface area (Å²) in [6.07, 6.45) is 2.12. The number of carbonyl (C=O) groups is 1. The molecule has 92 valence electrons. The molecule has 0 aromatic heterocycles. The summed E-state index contributed by atoms with van der Waals surface area (Å²) < 4.78 is 0. The highest BCUT2D eigenvalue weighted by molar-refractivity contribution is 5.90. The maximum atomic E-state index is 12.3. The van der Waals surface area contributed by atoms with Crippen molar-refractivity contribution in [3.8, 4) is 11.8 Å². The van der Waals surface area contributed by atoms with Crippen molar-refractivity contribution in [1.82, 2.24) is 4.90 Å². The predicted molar refractivity (Wildman–Crippen MR) is 69.3 cm³/mol. The van der Waals surface area contributed by atoms with Gasteiger partial charge in [-0.05, 0) is 32.9 Å². The van der Waals surface area contributed by atoms with Gasteiger partial charge in [-0.25, -0.2) is 0 Å². The minimum Gasteiger partial charge on any atom is -0.297 e. The molecule has 0 aliphatic carbocycles. The zero-order valence-electron chi connectivity index (χ0n) is 11.4. The zero-order valence-corrected chi connectivity index (χ0v) is 11.4. The molecule has 0 saturated heterocycles. The van der Waals surface area contributed by atoms with Crippen LogP contribution in [0.2, 0.25) is 0 Å². The van der Waals surface area contributed by atoms with Crippen molar-refractivity contribution in [2.45, 2.75) is 59.4 Å². The second-order valence-electron chi connectivity index (χ2n) is 3.94. The summed E-state index contributed by atoms with van der Waals surface area (Å²) in [4.78, 5) is 14.6. The van der Waals surface area contributed by atoms with E-state index in [0.717, 1.165) is 25.9 Å². The van der Waals surface area contributed by atoms with E-state index in [1.807, 2.05) is 0 Å². The Morgan fingerprint density at radius 2 is 1.62 bits per heavy atom. The summed E-state index contributed by atoms with van der Waals surface area (Å²) in [5, 5.41) is 0. The van der Waals surface area contributed by atoms with Gasteiger partial charge in [0.25, 0.3) is 0 Å². The lowest BCUT2D eigenvalue weighted by Gasteiger charge is -2.40. The lowest BCUT2D eigenvalue weighted by Crippen LogP contribution is -2.53. The SMILES string of the molecule is CC#CCC(=O)C(CC)(CC)N(CC)CC. The second-order valence-corrected chi connectivity index (χ2v) is 3.94. The average Bonchev–Trinajstić information content (AvgIpc) is 2.33. The Morgan fingerprint density at radius 1 is 1.12 bits per heavy atom. The number of rotatable bonds is 7. The molecule has 0 N–H and O–H groups in total. The molecule has 0 aliphatic heterocycles. The van der Waals surface area contributed by atoms with Crippen molar-refractivity contribution >= 4 is 5.78 Å². The summed E-state index contributed by atoms with van der Waals surface area (Å²) >= 11 is 0. The van der Waals surface area contributed by atoms with E-state index >= 15 is 0 Å². The minimum absolute atomic E-state index is 0.274. The smallest absolute Gasteiger partial charge is 0.164 e. The molecule has 0 rings (SSSR count). The fourth-order valence-electron chi connectivity index (χ4n) is 2.43. The third-order valence-electron chi connectivity index (χ3n) is 3.48. The second kappa shape index (κ2) is 7.46. The quantitative estimate of drug-likeness (QED) is 0.619. The molecule has 0 amide bonds. The van der Waals surface area contributed by atoms with Crippen LogP contribution < -0.4 is 0 Å². The van der Waals surface area contributed by atoms with Crippen molar-refractivity contribution in [3.63, 3.8) is 0 Å². The van der Waals surface area contributed by atoms with E-state index in [4.69, 9.17) is 0 Å². The number of hydrogen-bond donors (Lipinski definition) is 0. The van der Waals surface area contributed by atoms with E-state index < -0.39 is 0 Å². The van der Waals surface area contributed by atoms with Gasteiger partial charge in [0.1, 0.15) is 0 Å². The molecular formula is C14H25NO. The largest absolute Gasteiger partial charge is 0.297 e. The Kier molecular flexibility index (Phi) is 7.08. The number of likely N-dealkylation sites (N-methyl/N-ethyl adjacent to an activating group) is 1. The fraction of sp³-hybridized carbons (Fsp3) is 0.786. The molecule has 0 radical (unpaired) electrons. The molecule has 0 aromatic carbocycles. The van der Waals surface area contributed by atoms with Gasteiger partial charge in [0.15, 0.2) is 5.78 Å². The Morgan fingerprint density at radius 3 is 1.94 bits per heavy atom. The van der Waals surface area contributed by atoms with Gasteiger partial charge in [-0.3, -0.25) is 9.69 Å². The van der Waals surface area contributed by atoms with Crippen LogP contribution in [0, 0.1) is 11.8 Å². The van der Waals surface area contributed by atoms with Gasteiger partial charge >= 0.3 is 0 Å². The number of carbonyl (C=O) groups excluding carboxylic acids is 1. The normalized spacial score (nSPS) is 11.1. The molecule has 0 bridgehead atoms. The molecule has 16 heavy (non-hydrogen) atoms. The van der Waals surface area contributed by atoms with Gasteiger partial charge in [-0.2, -0.15) is 0 Å². The third-order valence-corrected chi connectivity index (χ3v) is 3.48. The number of ketones is 1. The van der Waals surface area contributed by atoms with Crippen LogP contribution in [0.5, 0.6) is 0 Å². The first-order valence-corrected chi connectivity index (χ1v) is 6.30. The zero-order chi connectivity index (χ0) is 12.6. The summed E-state index contributed by atoms with van der Waals surface area (Å²) in [5.74, 6) is 5.98. The molecule has 0 saturated carbocycles. The van der Waals surface area contributed by atoms with Gasteiger partial charge < -0.3 is 0 Å². The first-order chi connectivity index (χ1) is 7.62. The minimum atomic E-state index is -0.298. The molecule has 0 aliphatic rings. The van der Waals surface area contributed by atoms with E-state index in [0.29, 0.717) is 6.42 Å². The number of nitrogens with zero attached hydrogens (tertiary/aromatic N) is 1. The van der Waals surface area contributed by atoms with Crippen molar-refractivity contribution in [2.24, 2.45) is 0 Å². The summed E-state index contributed by atoms with van der Waals surface area (Å²) in [6, 6.07) is 0. The average molecular weight is 223 g/mol. The summed E-state index contributed by atoms with van der Waals surface area (Å²) in [5.41, 5.74) is -0.298. The van der Waals surface area contributed by atoms with Gasteiger partial charge in [0.2, 0.25) is 0 Å². The van der Waals surface area contributed by atoms with E-state index in [1.54, 1.807) is 6.92 Å². The van der Waals surface area contributed by atoms with Crippen LogP contribution in [-0.2, 0) is 4.79 Å². The van der Waals surface area contributed by atoms with Crippen LogP contribution in [-0.4, -0.2) is 29.3 Å². The van der Waals surface area contributed by atoms with Crippen LogP contribution >= 0.6 is 0 Å². The van der Waals surface area contributed by atoms with E-state index in [2.05, 4.69) is 44.4 Å². The van der Waals surface area contributed by atoms with Crippen LogP contribution in [0.3, 0.4) is 0 Å². The fourth-order valence-corrected chi connectivity index (χ4v) is 2.43. The summed E-state index contributed by atoms with van der Waals surface area (Å²) in [7, 11) is 0. The van der Waals surface area contributed by atoms with E-state index in [-0.39, 0.29) is 11.3 Å².